The van der Waals surface area contributed by atoms with Crippen LogP contribution in [0.15, 0.2) is 18.2 Å². The number of Topliss-reactive ketones (excluding diaryl/α,β-unsaturated/α-hetero) is 1. The fraction of sp³-hybridized carbons (Fsp3) is 0.600. The molecule has 0 aromatic heterocycles. The molecule has 0 spiro atoms. The molecule has 1 aliphatic rings. The van der Waals surface area contributed by atoms with Crippen LogP contribution in [-0.4, -0.2) is 38.1 Å². The lowest BCUT2D eigenvalue weighted by atomic mass is 9.88. The molecule has 1 saturated carbocycles. The van der Waals surface area contributed by atoms with Crippen LogP contribution in [0.5, 0.6) is 5.75 Å². The molecule has 0 radical (unpaired) electrons. The van der Waals surface area contributed by atoms with Gasteiger partial charge in [0.05, 0.1) is 26.2 Å². The molecule has 1 aromatic carbocycles. The van der Waals surface area contributed by atoms with Crippen LogP contribution in [0.4, 0.5) is 0 Å². The molecule has 2 rings (SSSR count). The summed E-state index contributed by atoms with van der Waals surface area (Å²) in [6, 6.07) is 5.16. The van der Waals surface area contributed by atoms with Crippen molar-refractivity contribution < 1.29 is 19.1 Å². The lowest BCUT2D eigenvalue weighted by Crippen LogP contribution is -2.32. The van der Waals surface area contributed by atoms with Crippen LogP contribution in [0.3, 0.4) is 0 Å². The van der Waals surface area contributed by atoms with Gasteiger partial charge in [0.2, 0.25) is 5.91 Å². The van der Waals surface area contributed by atoms with Gasteiger partial charge in [-0.15, -0.1) is 0 Å². The number of rotatable bonds is 8. The van der Waals surface area contributed by atoms with E-state index in [4.69, 9.17) is 9.47 Å². The molecule has 1 aliphatic carbocycles. The van der Waals surface area contributed by atoms with E-state index in [1.54, 1.807) is 25.3 Å². The average Bonchev–Trinajstić information content (AvgIpc) is 2.60. The molecule has 5 nitrogen and oxygen atoms in total. The quantitative estimate of drug-likeness (QED) is 0.579. The summed E-state index contributed by atoms with van der Waals surface area (Å²) in [5.41, 5.74) is 1.30. The van der Waals surface area contributed by atoms with E-state index in [9.17, 15) is 9.59 Å². The van der Waals surface area contributed by atoms with E-state index in [2.05, 4.69) is 12.2 Å². The first-order valence-corrected chi connectivity index (χ1v) is 9.07. The molecule has 5 heteroatoms. The topological polar surface area (TPSA) is 64.6 Å². The van der Waals surface area contributed by atoms with Crippen LogP contribution in [0, 0.1) is 5.92 Å². The smallest absolute Gasteiger partial charge is 0.224 e. The first-order chi connectivity index (χ1) is 12.0. The van der Waals surface area contributed by atoms with Crippen molar-refractivity contribution >= 4 is 11.7 Å². The third-order valence-corrected chi connectivity index (χ3v) is 4.83. The lowest BCUT2D eigenvalue weighted by Gasteiger charge is -2.28. The van der Waals surface area contributed by atoms with Crippen molar-refractivity contribution in [2.45, 2.75) is 52.1 Å². The van der Waals surface area contributed by atoms with Crippen molar-refractivity contribution in [3.8, 4) is 5.75 Å². The number of amides is 1. The maximum Gasteiger partial charge on any atom is 0.224 e. The number of hydrogen-bond acceptors (Lipinski definition) is 4. The van der Waals surface area contributed by atoms with E-state index in [1.807, 2.05) is 0 Å². The van der Waals surface area contributed by atoms with Crippen molar-refractivity contribution in [1.29, 1.82) is 0 Å². The second kappa shape index (κ2) is 9.56. The van der Waals surface area contributed by atoms with Crippen LogP contribution in [0.2, 0.25) is 0 Å². The second-order valence-electron chi connectivity index (χ2n) is 6.78. The van der Waals surface area contributed by atoms with E-state index in [0.29, 0.717) is 36.5 Å². The fourth-order valence-electron chi connectivity index (χ4n) is 3.30. The molecular formula is C20H29NO4. The van der Waals surface area contributed by atoms with E-state index >= 15 is 0 Å². The molecular weight excluding hydrogens is 318 g/mol. The Hall–Kier alpha value is -1.88. The Morgan fingerprint density at radius 1 is 1.24 bits per heavy atom. The molecule has 25 heavy (non-hydrogen) atoms. The molecule has 1 aromatic rings. The van der Waals surface area contributed by atoms with Gasteiger partial charge in [0.15, 0.2) is 5.78 Å². The van der Waals surface area contributed by atoms with Gasteiger partial charge in [0.1, 0.15) is 5.75 Å². The minimum absolute atomic E-state index is 0.0284. The molecule has 1 fully saturated rings. The first-order valence-electron chi connectivity index (χ1n) is 9.07. The zero-order chi connectivity index (χ0) is 18.2. The third kappa shape index (κ3) is 5.85. The van der Waals surface area contributed by atoms with Gasteiger partial charge in [0, 0.05) is 17.7 Å². The highest BCUT2D eigenvalue weighted by atomic mass is 16.5. The summed E-state index contributed by atoms with van der Waals surface area (Å²) in [5.74, 6) is 1.09. The van der Waals surface area contributed by atoms with E-state index in [-0.39, 0.29) is 18.1 Å². The van der Waals surface area contributed by atoms with Crippen molar-refractivity contribution in [2.24, 2.45) is 5.92 Å². The van der Waals surface area contributed by atoms with Gasteiger partial charge in [-0.05, 0) is 43.9 Å². The van der Waals surface area contributed by atoms with Gasteiger partial charge in [-0.3, -0.25) is 9.59 Å². The van der Waals surface area contributed by atoms with Crippen LogP contribution in [-0.2, 0) is 16.0 Å². The van der Waals surface area contributed by atoms with Gasteiger partial charge < -0.3 is 14.8 Å². The zero-order valence-electron chi connectivity index (χ0n) is 15.5. The number of benzene rings is 1. The van der Waals surface area contributed by atoms with E-state index < -0.39 is 0 Å². The van der Waals surface area contributed by atoms with Gasteiger partial charge in [-0.1, -0.05) is 19.8 Å². The number of hydrogen-bond donors (Lipinski definition) is 1. The monoisotopic (exact) mass is 347 g/mol. The highest BCUT2D eigenvalue weighted by molar-refractivity contribution is 5.94. The Kier molecular flexibility index (Phi) is 7.44. The normalized spacial score (nSPS) is 20.1. The maximum absolute atomic E-state index is 12.2. The number of nitrogens with one attached hydrogen (secondary N) is 1. The van der Waals surface area contributed by atoms with Gasteiger partial charge in [-0.2, -0.15) is 0 Å². The molecule has 0 aliphatic heterocycles. The predicted octanol–water partition coefficient (Wildman–Crippen LogP) is 3.15. The summed E-state index contributed by atoms with van der Waals surface area (Å²) in [5, 5.41) is 2.88. The first kappa shape index (κ1) is 19.4. The molecule has 1 N–H and O–H groups in total. The molecule has 0 bridgehead atoms. The van der Waals surface area contributed by atoms with Crippen LogP contribution in [0.25, 0.3) is 0 Å². The minimum atomic E-state index is -0.0979. The lowest BCUT2D eigenvalue weighted by molar-refractivity contribution is -0.120. The highest BCUT2D eigenvalue weighted by Crippen LogP contribution is 2.26. The summed E-state index contributed by atoms with van der Waals surface area (Å²) in [4.78, 5) is 23.7. The third-order valence-electron chi connectivity index (χ3n) is 4.83. The van der Waals surface area contributed by atoms with Crippen molar-refractivity contribution in [3.63, 3.8) is 0 Å². The molecule has 0 saturated heterocycles. The van der Waals surface area contributed by atoms with Crippen LogP contribution < -0.4 is 10.1 Å². The number of methoxy groups -OCH3 is 1. The maximum atomic E-state index is 12.2. The standard InChI is InChI=1S/C20H29NO4/c1-14-6-4-5-7-18(14)25-11-10-21-20(23)13-17-12-16(15(2)22)8-9-19(17)24-3/h8-9,12,14,18H,4-7,10-11,13H2,1-3H3,(H,21,23)/t14-,18+/m1/s1. The summed E-state index contributed by atoms with van der Waals surface area (Å²) in [6.45, 7) is 4.77. The van der Waals surface area contributed by atoms with Gasteiger partial charge in [0.25, 0.3) is 0 Å². The molecule has 138 valence electrons. The Morgan fingerprint density at radius 3 is 2.68 bits per heavy atom. The number of carbonyl (C=O) groups excluding carboxylic acids is 2. The van der Waals surface area contributed by atoms with Gasteiger partial charge >= 0.3 is 0 Å². The summed E-state index contributed by atoms with van der Waals surface area (Å²) in [6.07, 6.45) is 5.36. The van der Waals surface area contributed by atoms with Crippen molar-refractivity contribution in [1.82, 2.24) is 5.32 Å². The predicted molar refractivity (Wildman–Crippen MR) is 97.1 cm³/mol. The fourth-order valence-corrected chi connectivity index (χ4v) is 3.30. The van der Waals surface area contributed by atoms with Crippen molar-refractivity contribution in [2.75, 3.05) is 20.3 Å². The second-order valence-corrected chi connectivity index (χ2v) is 6.78. The largest absolute Gasteiger partial charge is 0.496 e. The summed E-state index contributed by atoms with van der Waals surface area (Å²) >= 11 is 0. The zero-order valence-corrected chi connectivity index (χ0v) is 15.5. The molecule has 2 atom stereocenters. The van der Waals surface area contributed by atoms with E-state index in [1.165, 1.54) is 26.2 Å². The van der Waals surface area contributed by atoms with Crippen molar-refractivity contribution in [3.05, 3.63) is 29.3 Å². The average molecular weight is 347 g/mol. The Balaban J connectivity index is 1.79. The van der Waals surface area contributed by atoms with Crippen LogP contribution in [0.1, 0.15) is 55.5 Å². The molecule has 0 unspecified atom stereocenters. The molecule has 1 amide bonds. The summed E-state index contributed by atoms with van der Waals surface area (Å²) in [7, 11) is 1.56. The summed E-state index contributed by atoms with van der Waals surface area (Å²) < 4.78 is 11.2. The van der Waals surface area contributed by atoms with E-state index in [0.717, 1.165) is 12.0 Å². The Bertz CT molecular complexity index is 599. The van der Waals surface area contributed by atoms with Gasteiger partial charge in [-0.25, -0.2) is 0 Å². The minimum Gasteiger partial charge on any atom is -0.496 e. The highest BCUT2D eigenvalue weighted by Gasteiger charge is 2.21. The Morgan fingerprint density at radius 2 is 2.00 bits per heavy atom. The van der Waals surface area contributed by atoms with Crippen LogP contribution >= 0.6 is 0 Å². The number of carbonyl (C=O) groups is 2. The number of ketones is 1. The SMILES string of the molecule is COc1ccc(C(C)=O)cc1CC(=O)NCCO[C@H]1CCCC[C@H]1C. The Labute approximate surface area is 150 Å². The number of ether oxygens (including phenoxy) is 2. The molecule has 0 heterocycles.